The molecule has 2 heterocycles. The van der Waals surface area contributed by atoms with E-state index in [0.717, 1.165) is 0 Å². The van der Waals surface area contributed by atoms with Crippen LogP contribution in [-0.2, 0) is 4.74 Å². The summed E-state index contributed by atoms with van der Waals surface area (Å²) in [6, 6.07) is 3.20. The van der Waals surface area contributed by atoms with Gasteiger partial charge in [-0.15, -0.1) is 0 Å². The average Bonchev–Trinajstić information content (AvgIpc) is 2.56. The van der Waals surface area contributed by atoms with Crippen molar-refractivity contribution in [3.8, 4) is 11.5 Å². The van der Waals surface area contributed by atoms with E-state index in [0.29, 0.717) is 48.0 Å². The van der Waals surface area contributed by atoms with Gasteiger partial charge in [0.1, 0.15) is 23.2 Å². The van der Waals surface area contributed by atoms with Crippen LogP contribution in [0.2, 0.25) is 5.02 Å². The molecule has 1 saturated heterocycles. The number of carbonyl (C=O) groups is 2. The van der Waals surface area contributed by atoms with Gasteiger partial charge in [0.2, 0.25) is 0 Å². The fraction of sp³-hybridized carbons (Fsp3) is 0.556. The molecule has 0 radical (unpaired) electrons. The number of nitrogens with one attached hydrogen (secondary N) is 1. The number of fused-ring (bicyclic) bond motifs is 1. The number of halogens is 1. The minimum atomic E-state index is -0.507. The Kier molecular flexibility index (Phi) is 5.18. The quantitative estimate of drug-likeness (QED) is 0.849. The van der Waals surface area contributed by atoms with Crippen molar-refractivity contribution in [1.82, 2.24) is 10.2 Å². The van der Waals surface area contributed by atoms with Gasteiger partial charge in [0.25, 0.3) is 5.91 Å². The van der Waals surface area contributed by atoms with E-state index in [4.69, 9.17) is 25.8 Å². The predicted molar refractivity (Wildman–Crippen MR) is 95.9 cm³/mol. The zero-order valence-corrected chi connectivity index (χ0v) is 15.9. The summed E-state index contributed by atoms with van der Waals surface area (Å²) in [5.41, 5.74) is -0.110. The molecule has 0 atom stereocenters. The Morgan fingerprint density at radius 2 is 2.00 bits per heavy atom. The third kappa shape index (κ3) is 4.33. The van der Waals surface area contributed by atoms with Crippen molar-refractivity contribution in [2.75, 3.05) is 19.8 Å². The van der Waals surface area contributed by atoms with Crippen LogP contribution in [0, 0.1) is 0 Å². The normalized spacial score (nSPS) is 17.8. The lowest BCUT2D eigenvalue weighted by Crippen LogP contribution is -2.44. The highest BCUT2D eigenvalue weighted by Gasteiger charge is 2.28. The molecule has 0 spiro atoms. The van der Waals surface area contributed by atoms with Gasteiger partial charge >= 0.3 is 6.09 Å². The fourth-order valence-corrected chi connectivity index (χ4v) is 3.07. The second-order valence-electron chi connectivity index (χ2n) is 7.36. The van der Waals surface area contributed by atoms with Gasteiger partial charge in [0.05, 0.1) is 10.6 Å². The number of nitrogens with zero attached hydrogens (tertiary/aromatic N) is 1. The number of ether oxygens (including phenoxy) is 3. The van der Waals surface area contributed by atoms with Crippen LogP contribution in [0.1, 0.15) is 44.0 Å². The molecule has 0 bridgehead atoms. The Hall–Kier alpha value is -2.15. The molecule has 0 aliphatic carbocycles. The van der Waals surface area contributed by atoms with Crippen molar-refractivity contribution in [1.29, 1.82) is 0 Å². The highest BCUT2D eigenvalue weighted by molar-refractivity contribution is 6.32. The summed E-state index contributed by atoms with van der Waals surface area (Å²) in [7, 11) is 0. The first-order chi connectivity index (χ1) is 12.2. The number of hydrogen-bond donors (Lipinski definition) is 1. The first-order valence-corrected chi connectivity index (χ1v) is 9.00. The van der Waals surface area contributed by atoms with Crippen LogP contribution in [0.3, 0.4) is 0 Å². The molecular weight excluding hydrogens is 360 g/mol. The van der Waals surface area contributed by atoms with Crippen LogP contribution >= 0.6 is 11.6 Å². The van der Waals surface area contributed by atoms with Crippen LogP contribution in [0.5, 0.6) is 11.5 Å². The summed E-state index contributed by atoms with van der Waals surface area (Å²) in [5.74, 6) is 0.723. The van der Waals surface area contributed by atoms with E-state index in [1.807, 2.05) is 20.8 Å². The molecule has 0 saturated carbocycles. The number of hydrogen-bond acceptors (Lipinski definition) is 5. The number of piperidine rings is 1. The Morgan fingerprint density at radius 3 is 2.65 bits per heavy atom. The zero-order chi connectivity index (χ0) is 18.9. The van der Waals surface area contributed by atoms with Gasteiger partial charge in [-0.3, -0.25) is 4.79 Å². The maximum absolute atomic E-state index is 12.1. The highest BCUT2D eigenvalue weighted by Crippen LogP contribution is 2.35. The first-order valence-electron chi connectivity index (χ1n) is 8.62. The monoisotopic (exact) mass is 382 g/mol. The maximum atomic E-state index is 12.1. The summed E-state index contributed by atoms with van der Waals surface area (Å²) in [6.07, 6.45) is 0.978. The molecule has 2 aliphatic heterocycles. The van der Waals surface area contributed by atoms with Crippen molar-refractivity contribution < 1.29 is 23.8 Å². The van der Waals surface area contributed by atoms with E-state index in [-0.39, 0.29) is 24.8 Å². The SMILES string of the molecule is CC(C)(C)OC(=O)N1CCC(Oc2cc3c(cc2Cl)C(=O)NCO3)CC1. The molecular formula is C18H23ClN2O5. The molecule has 142 valence electrons. The molecule has 3 rings (SSSR count). The molecule has 26 heavy (non-hydrogen) atoms. The Labute approximate surface area is 157 Å². The molecule has 8 heteroatoms. The summed E-state index contributed by atoms with van der Waals surface area (Å²) < 4.78 is 16.8. The Bertz CT molecular complexity index is 708. The van der Waals surface area contributed by atoms with Crippen molar-refractivity contribution in [3.63, 3.8) is 0 Å². The summed E-state index contributed by atoms with van der Waals surface area (Å²) in [6.45, 7) is 6.78. The van der Waals surface area contributed by atoms with Crippen molar-refractivity contribution in [2.24, 2.45) is 0 Å². The number of amides is 2. The third-order valence-electron chi connectivity index (χ3n) is 4.13. The number of rotatable bonds is 2. The number of benzene rings is 1. The molecule has 7 nitrogen and oxygen atoms in total. The molecule has 0 unspecified atom stereocenters. The third-order valence-corrected chi connectivity index (χ3v) is 4.42. The molecule has 1 aromatic carbocycles. The molecule has 2 aliphatic rings. The van der Waals surface area contributed by atoms with E-state index in [1.165, 1.54) is 0 Å². The number of carbonyl (C=O) groups excluding carboxylic acids is 2. The summed E-state index contributed by atoms with van der Waals surface area (Å²) in [5, 5.41) is 2.95. The van der Waals surface area contributed by atoms with Crippen molar-refractivity contribution in [2.45, 2.75) is 45.3 Å². The minimum absolute atomic E-state index is 0.0679. The average molecular weight is 383 g/mol. The zero-order valence-electron chi connectivity index (χ0n) is 15.1. The van der Waals surface area contributed by atoms with Crippen molar-refractivity contribution in [3.05, 3.63) is 22.7 Å². The van der Waals surface area contributed by atoms with Gasteiger partial charge in [0, 0.05) is 32.0 Å². The van der Waals surface area contributed by atoms with Gasteiger partial charge in [-0.25, -0.2) is 4.79 Å². The highest BCUT2D eigenvalue weighted by atomic mass is 35.5. The fourth-order valence-electron chi connectivity index (χ4n) is 2.86. The smallest absolute Gasteiger partial charge is 0.410 e. The van der Waals surface area contributed by atoms with Crippen LogP contribution in [0.4, 0.5) is 4.79 Å². The van der Waals surface area contributed by atoms with E-state index >= 15 is 0 Å². The van der Waals surface area contributed by atoms with Gasteiger partial charge in [-0.1, -0.05) is 11.6 Å². The van der Waals surface area contributed by atoms with Gasteiger partial charge in [-0.05, 0) is 26.8 Å². The van der Waals surface area contributed by atoms with E-state index in [9.17, 15) is 9.59 Å². The maximum Gasteiger partial charge on any atom is 0.410 e. The molecule has 1 aromatic rings. The van der Waals surface area contributed by atoms with E-state index in [1.54, 1.807) is 17.0 Å². The van der Waals surface area contributed by atoms with Gasteiger partial charge in [-0.2, -0.15) is 0 Å². The predicted octanol–water partition coefficient (Wildman–Crippen LogP) is 3.20. The lowest BCUT2D eigenvalue weighted by Gasteiger charge is -2.33. The number of likely N-dealkylation sites (tertiary alicyclic amines) is 1. The minimum Gasteiger partial charge on any atom is -0.489 e. The second-order valence-corrected chi connectivity index (χ2v) is 7.77. The molecule has 2 amide bonds. The van der Waals surface area contributed by atoms with Crippen LogP contribution < -0.4 is 14.8 Å². The Balaban J connectivity index is 1.60. The van der Waals surface area contributed by atoms with Gasteiger partial charge in [0.15, 0.2) is 6.73 Å². The standard InChI is InChI=1S/C18H23ClN2O5/c1-18(2,3)26-17(23)21-6-4-11(5-7-21)25-15-9-14-12(8-13(15)19)16(22)20-10-24-14/h8-9,11H,4-7,10H2,1-3H3,(H,20,22). The van der Waals surface area contributed by atoms with Gasteiger partial charge < -0.3 is 24.4 Å². The van der Waals surface area contributed by atoms with Crippen molar-refractivity contribution >= 4 is 23.6 Å². The molecule has 1 fully saturated rings. The first kappa shape index (κ1) is 18.6. The lowest BCUT2D eigenvalue weighted by atomic mass is 10.1. The second kappa shape index (κ2) is 7.23. The molecule has 0 aromatic heterocycles. The van der Waals surface area contributed by atoms with Crippen LogP contribution in [0.25, 0.3) is 0 Å². The van der Waals surface area contributed by atoms with E-state index < -0.39 is 5.60 Å². The molecule has 1 N–H and O–H groups in total. The van der Waals surface area contributed by atoms with Crippen LogP contribution in [0.15, 0.2) is 12.1 Å². The lowest BCUT2D eigenvalue weighted by molar-refractivity contribution is 0.0126. The summed E-state index contributed by atoms with van der Waals surface area (Å²) in [4.78, 5) is 25.6. The topological polar surface area (TPSA) is 77.1 Å². The Morgan fingerprint density at radius 1 is 1.31 bits per heavy atom. The summed E-state index contributed by atoms with van der Waals surface area (Å²) >= 11 is 6.25. The largest absolute Gasteiger partial charge is 0.489 e. The van der Waals surface area contributed by atoms with E-state index in [2.05, 4.69) is 5.32 Å². The van der Waals surface area contributed by atoms with Crippen LogP contribution in [-0.4, -0.2) is 48.4 Å².